The van der Waals surface area contributed by atoms with Crippen molar-refractivity contribution in [3.63, 3.8) is 0 Å². The third-order valence-electron chi connectivity index (χ3n) is 3.89. The van der Waals surface area contributed by atoms with Crippen molar-refractivity contribution in [1.82, 2.24) is 4.98 Å². The SMILES string of the molecule is O=C(Nc1cccc2c1C(C(F)(F)F)CC2)c1cccnc1Cl. The van der Waals surface area contributed by atoms with E-state index < -0.39 is 18.0 Å². The van der Waals surface area contributed by atoms with Crippen molar-refractivity contribution >= 4 is 23.2 Å². The lowest BCUT2D eigenvalue weighted by Crippen LogP contribution is -2.21. The van der Waals surface area contributed by atoms with Crippen LogP contribution in [0.3, 0.4) is 0 Å². The highest BCUT2D eigenvalue weighted by Crippen LogP contribution is 2.47. The van der Waals surface area contributed by atoms with Crippen LogP contribution in [0.1, 0.15) is 33.8 Å². The average Bonchev–Trinajstić information content (AvgIpc) is 2.92. The largest absolute Gasteiger partial charge is 0.395 e. The Balaban J connectivity index is 1.95. The van der Waals surface area contributed by atoms with Crippen molar-refractivity contribution in [2.45, 2.75) is 24.9 Å². The number of carbonyl (C=O) groups excluding carboxylic acids is 1. The van der Waals surface area contributed by atoms with Gasteiger partial charge in [0.25, 0.3) is 5.91 Å². The van der Waals surface area contributed by atoms with E-state index in [1.165, 1.54) is 24.4 Å². The molecule has 2 aromatic rings. The summed E-state index contributed by atoms with van der Waals surface area (Å²) < 4.78 is 39.6. The minimum Gasteiger partial charge on any atom is -0.322 e. The predicted molar refractivity (Wildman–Crippen MR) is 80.8 cm³/mol. The Morgan fingerprint density at radius 3 is 2.74 bits per heavy atom. The lowest BCUT2D eigenvalue weighted by molar-refractivity contribution is -0.149. The molecule has 0 fully saturated rings. The van der Waals surface area contributed by atoms with Crippen molar-refractivity contribution in [3.05, 3.63) is 58.4 Å². The van der Waals surface area contributed by atoms with E-state index >= 15 is 0 Å². The van der Waals surface area contributed by atoms with Crippen molar-refractivity contribution in [2.24, 2.45) is 0 Å². The first kappa shape index (κ1) is 15.8. The van der Waals surface area contributed by atoms with Crippen LogP contribution in [0.25, 0.3) is 0 Å². The number of nitrogens with one attached hydrogen (secondary N) is 1. The summed E-state index contributed by atoms with van der Waals surface area (Å²) in [6.07, 6.45) is -2.56. The van der Waals surface area contributed by atoms with Crippen LogP contribution in [0.5, 0.6) is 0 Å². The molecule has 1 unspecified atom stereocenters. The van der Waals surface area contributed by atoms with Crippen molar-refractivity contribution in [3.8, 4) is 0 Å². The molecule has 0 bridgehead atoms. The smallest absolute Gasteiger partial charge is 0.322 e. The molecule has 7 heteroatoms. The highest BCUT2D eigenvalue weighted by molar-refractivity contribution is 6.33. The monoisotopic (exact) mass is 340 g/mol. The number of halogens is 4. The van der Waals surface area contributed by atoms with E-state index in [0.29, 0.717) is 12.0 Å². The van der Waals surface area contributed by atoms with Gasteiger partial charge in [0.05, 0.1) is 11.5 Å². The Kier molecular flexibility index (Phi) is 4.02. The van der Waals surface area contributed by atoms with E-state index in [2.05, 4.69) is 10.3 Å². The molecule has 120 valence electrons. The third-order valence-corrected chi connectivity index (χ3v) is 4.20. The Morgan fingerprint density at radius 2 is 2.04 bits per heavy atom. The molecule has 23 heavy (non-hydrogen) atoms. The van der Waals surface area contributed by atoms with Gasteiger partial charge in [0.2, 0.25) is 0 Å². The fraction of sp³-hybridized carbons (Fsp3) is 0.250. The molecule has 1 aliphatic rings. The first-order valence-corrected chi connectivity index (χ1v) is 7.36. The molecule has 1 aliphatic carbocycles. The standard InChI is InChI=1S/C16H12ClF3N2O/c17-14-10(4-2-8-21-14)15(23)22-12-5-1-3-9-6-7-11(13(9)12)16(18,19)20/h1-5,8,11H,6-7H2,(H,22,23). The maximum atomic E-state index is 13.2. The van der Waals surface area contributed by atoms with Crippen molar-refractivity contribution < 1.29 is 18.0 Å². The van der Waals surface area contributed by atoms with E-state index in [-0.39, 0.29) is 28.4 Å². The Labute approximate surface area is 135 Å². The molecule has 1 amide bonds. The Morgan fingerprint density at radius 1 is 1.26 bits per heavy atom. The van der Waals surface area contributed by atoms with Crippen molar-refractivity contribution in [1.29, 1.82) is 0 Å². The lowest BCUT2D eigenvalue weighted by Gasteiger charge is -2.19. The van der Waals surface area contributed by atoms with Gasteiger partial charge in [0.1, 0.15) is 5.15 Å². The molecule has 1 atom stereocenters. The van der Waals surface area contributed by atoms with Gasteiger partial charge in [-0.2, -0.15) is 13.2 Å². The van der Waals surface area contributed by atoms with E-state index in [4.69, 9.17) is 11.6 Å². The van der Waals surface area contributed by atoms with Gasteiger partial charge in [-0.1, -0.05) is 23.7 Å². The second-order valence-electron chi connectivity index (χ2n) is 5.31. The topological polar surface area (TPSA) is 42.0 Å². The molecule has 1 aromatic heterocycles. The number of rotatable bonds is 2. The highest BCUT2D eigenvalue weighted by Gasteiger charge is 2.45. The predicted octanol–water partition coefficient (Wildman–Crippen LogP) is 4.58. The fourth-order valence-corrected chi connectivity index (χ4v) is 3.07. The van der Waals surface area contributed by atoms with Gasteiger partial charge in [-0.05, 0) is 42.2 Å². The van der Waals surface area contributed by atoms with Gasteiger partial charge in [-0.25, -0.2) is 4.98 Å². The summed E-state index contributed by atoms with van der Waals surface area (Å²) >= 11 is 5.85. The number of pyridine rings is 1. The second kappa shape index (κ2) is 5.85. The van der Waals surface area contributed by atoms with Gasteiger partial charge < -0.3 is 5.32 Å². The van der Waals surface area contributed by atoms with Crippen LogP contribution >= 0.6 is 11.6 Å². The number of aromatic nitrogens is 1. The van der Waals surface area contributed by atoms with Crippen LogP contribution < -0.4 is 5.32 Å². The Hall–Kier alpha value is -2.08. The number of amides is 1. The summed E-state index contributed by atoms with van der Waals surface area (Å²) in [7, 11) is 0. The van der Waals surface area contributed by atoms with E-state index in [1.807, 2.05) is 0 Å². The summed E-state index contributed by atoms with van der Waals surface area (Å²) in [5, 5.41) is 2.54. The zero-order chi connectivity index (χ0) is 16.6. The van der Waals surface area contributed by atoms with E-state index in [1.54, 1.807) is 12.1 Å². The molecule has 0 spiro atoms. The lowest BCUT2D eigenvalue weighted by atomic mass is 9.98. The molecule has 3 nitrogen and oxygen atoms in total. The van der Waals surface area contributed by atoms with Crippen LogP contribution in [0.2, 0.25) is 5.15 Å². The summed E-state index contributed by atoms with van der Waals surface area (Å²) in [5.74, 6) is -2.14. The van der Waals surface area contributed by atoms with E-state index in [9.17, 15) is 18.0 Å². The molecular weight excluding hydrogens is 329 g/mol. The minimum absolute atomic E-state index is 0.000629. The number of hydrogen-bond acceptors (Lipinski definition) is 2. The quantitative estimate of drug-likeness (QED) is 0.813. The van der Waals surface area contributed by atoms with Gasteiger partial charge in [0.15, 0.2) is 0 Å². The summed E-state index contributed by atoms with van der Waals surface area (Å²) in [5.41, 5.74) is 1.05. The first-order valence-electron chi connectivity index (χ1n) is 6.98. The maximum absolute atomic E-state index is 13.2. The van der Waals surface area contributed by atoms with Crippen LogP contribution in [0.15, 0.2) is 36.5 Å². The number of benzene rings is 1. The third kappa shape index (κ3) is 3.03. The number of alkyl halides is 3. The fourth-order valence-electron chi connectivity index (χ4n) is 2.87. The highest BCUT2D eigenvalue weighted by atomic mass is 35.5. The second-order valence-corrected chi connectivity index (χ2v) is 5.67. The van der Waals surface area contributed by atoms with Crippen LogP contribution in [-0.4, -0.2) is 17.1 Å². The van der Waals surface area contributed by atoms with Gasteiger partial charge in [0, 0.05) is 11.9 Å². The number of hydrogen-bond donors (Lipinski definition) is 1. The van der Waals surface area contributed by atoms with Crippen LogP contribution in [0, 0.1) is 0 Å². The molecule has 0 aliphatic heterocycles. The zero-order valence-electron chi connectivity index (χ0n) is 11.8. The number of carbonyl (C=O) groups is 1. The zero-order valence-corrected chi connectivity index (χ0v) is 12.6. The molecule has 1 heterocycles. The van der Waals surface area contributed by atoms with Gasteiger partial charge in [-0.3, -0.25) is 4.79 Å². The number of anilines is 1. The molecule has 1 aromatic carbocycles. The minimum atomic E-state index is -4.34. The van der Waals surface area contributed by atoms with Crippen LogP contribution in [0.4, 0.5) is 18.9 Å². The molecule has 3 rings (SSSR count). The Bertz CT molecular complexity index is 761. The number of aryl methyl sites for hydroxylation is 1. The maximum Gasteiger partial charge on any atom is 0.395 e. The molecule has 0 radical (unpaired) electrons. The van der Waals surface area contributed by atoms with Crippen molar-refractivity contribution in [2.75, 3.05) is 5.32 Å². The average molecular weight is 341 g/mol. The normalized spacial score (nSPS) is 17.0. The molecule has 0 saturated heterocycles. The van der Waals surface area contributed by atoms with Gasteiger partial charge in [-0.15, -0.1) is 0 Å². The van der Waals surface area contributed by atoms with Gasteiger partial charge >= 0.3 is 6.18 Å². The summed E-state index contributed by atoms with van der Waals surface area (Å²) in [6, 6.07) is 7.78. The first-order chi connectivity index (χ1) is 10.9. The number of nitrogens with zero attached hydrogens (tertiary/aromatic N) is 1. The molecular formula is C16H12ClF3N2O. The van der Waals surface area contributed by atoms with Crippen LogP contribution in [-0.2, 0) is 6.42 Å². The molecule has 1 N–H and O–H groups in total. The number of fused-ring (bicyclic) bond motifs is 1. The summed E-state index contributed by atoms with van der Waals surface area (Å²) in [4.78, 5) is 16.1. The van der Waals surface area contributed by atoms with E-state index in [0.717, 1.165) is 0 Å². The summed E-state index contributed by atoms with van der Waals surface area (Å²) in [6.45, 7) is 0. The molecule has 0 saturated carbocycles.